The molecule has 0 atom stereocenters. The predicted octanol–water partition coefficient (Wildman–Crippen LogP) is 2.46. The molecule has 0 saturated carbocycles. The second-order valence-electron chi connectivity index (χ2n) is 3.91. The summed E-state index contributed by atoms with van der Waals surface area (Å²) in [6, 6.07) is 5.56. The number of methoxy groups -OCH3 is 2. The lowest BCUT2D eigenvalue weighted by Gasteiger charge is -2.11. The molecule has 110 valence electrons. The molecule has 0 aliphatic rings. The molecule has 8 nitrogen and oxygen atoms in total. The van der Waals surface area contributed by atoms with Gasteiger partial charge in [0.05, 0.1) is 37.2 Å². The molecule has 21 heavy (non-hydrogen) atoms. The molecule has 1 N–H and O–H groups in total. The largest absolute Gasteiger partial charge is 0.494 e. The van der Waals surface area contributed by atoms with Crippen LogP contribution in [0.25, 0.3) is 0 Å². The number of nitrogens with zero attached hydrogens (tertiary/aromatic N) is 1. The normalized spacial score (nSPS) is 10.0. The Labute approximate surface area is 119 Å². The predicted molar refractivity (Wildman–Crippen MR) is 72.9 cm³/mol. The maximum Gasteiger partial charge on any atom is 0.314 e. The number of hydrogen-bond donors (Lipinski definition) is 1. The van der Waals surface area contributed by atoms with Crippen molar-refractivity contribution in [1.82, 2.24) is 0 Å². The third kappa shape index (κ3) is 2.94. The number of carbonyl (C=O) groups is 1. The van der Waals surface area contributed by atoms with Crippen molar-refractivity contribution in [3.63, 3.8) is 0 Å². The van der Waals surface area contributed by atoms with Gasteiger partial charge in [-0.25, -0.2) is 0 Å². The van der Waals surface area contributed by atoms with Crippen molar-refractivity contribution in [2.45, 2.75) is 0 Å². The van der Waals surface area contributed by atoms with Crippen LogP contribution >= 0.6 is 0 Å². The highest BCUT2D eigenvalue weighted by Gasteiger charge is 2.21. The third-order valence-electron chi connectivity index (χ3n) is 2.69. The van der Waals surface area contributed by atoms with Crippen LogP contribution in [0, 0.1) is 10.1 Å². The Kier molecular flexibility index (Phi) is 4.07. The van der Waals surface area contributed by atoms with Crippen molar-refractivity contribution in [1.29, 1.82) is 0 Å². The molecule has 1 aromatic heterocycles. The zero-order valence-corrected chi connectivity index (χ0v) is 11.3. The lowest BCUT2D eigenvalue weighted by Crippen LogP contribution is -2.12. The Balaban J connectivity index is 2.38. The van der Waals surface area contributed by atoms with E-state index in [-0.39, 0.29) is 28.6 Å². The minimum absolute atomic E-state index is 0.00976. The highest BCUT2D eigenvalue weighted by Crippen LogP contribution is 2.37. The summed E-state index contributed by atoms with van der Waals surface area (Å²) in [5, 5.41) is 13.5. The molecule has 0 radical (unpaired) electrons. The highest BCUT2D eigenvalue weighted by molar-refractivity contribution is 6.03. The minimum atomic E-state index is -0.598. The number of nitrogens with one attached hydrogen (secondary N) is 1. The number of benzene rings is 1. The number of amides is 1. The SMILES string of the molecule is COc1cc([N+](=O)[O-])c(OC)cc1NC(=O)c1ccco1. The fourth-order valence-electron chi connectivity index (χ4n) is 1.71. The van der Waals surface area contributed by atoms with Crippen LogP contribution < -0.4 is 14.8 Å². The first-order chi connectivity index (χ1) is 10.1. The zero-order chi connectivity index (χ0) is 15.4. The first kappa shape index (κ1) is 14.4. The smallest absolute Gasteiger partial charge is 0.314 e. The number of furan rings is 1. The van der Waals surface area contributed by atoms with Gasteiger partial charge in [0.15, 0.2) is 11.5 Å². The number of nitro benzene ring substituents is 1. The lowest BCUT2D eigenvalue weighted by atomic mass is 10.2. The average Bonchev–Trinajstić information content (AvgIpc) is 3.00. The fourth-order valence-corrected chi connectivity index (χ4v) is 1.71. The van der Waals surface area contributed by atoms with Crippen molar-refractivity contribution in [3.05, 3.63) is 46.4 Å². The summed E-state index contributed by atoms with van der Waals surface area (Å²) >= 11 is 0. The maximum absolute atomic E-state index is 11.9. The van der Waals surface area contributed by atoms with Crippen LogP contribution in [0.15, 0.2) is 34.9 Å². The van der Waals surface area contributed by atoms with E-state index in [1.807, 2.05) is 0 Å². The second-order valence-corrected chi connectivity index (χ2v) is 3.91. The van der Waals surface area contributed by atoms with Crippen LogP contribution in [0.5, 0.6) is 11.5 Å². The first-order valence-corrected chi connectivity index (χ1v) is 5.82. The summed E-state index contributed by atoms with van der Waals surface area (Å²) < 4.78 is 15.0. The van der Waals surface area contributed by atoms with Crippen LogP contribution in [0.4, 0.5) is 11.4 Å². The monoisotopic (exact) mass is 292 g/mol. The standard InChI is InChI=1S/C13H12N2O6/c1-19-11-7-9(15(17)18)12(20-2)6-8(11)14-13(16)10-4-3-5-21-10/h3-7H,1-2H3,(H,14,16). The molecule has 1 amide bonds. The quantitative estimate of drug-likeness (QED) is 0.670. The number of anilines is 1. The van der Waals surface area contributed by atoms with E-state index in [4.69, 9.17) is 13.9 Å². The van der Waals surface area contributed by atoms with E-state index in [9.17, 15) is 14.9 Å². The molecule has 1 aromatic carbocycles. The number of ether oxygens (including phenoxy) is 2. The van der Waals surface area contributed by atoms with E-state index in [1.165, 1.54) is 38.7 Å². The molecule has 2 aromatic rings. The lowest BCUT2D eigenvalue weighted by molar-refractivity contribution is -0.385. The zero-order valence-electron chi connectivity index (χ0n) is 11.3. The van der Waals surface area contributed by atoms with Crippen molar-refractivity contribution in [2.24, 2.45) is 0 Å². The van der Waals surface area contributed by atoms with E-state index in [2.05, 4.69) is 5.32 Å². The van der Waals surface area contributed by atoms with Gasteiger partial charge in [0.25, 0.3) is 5.91 Å². The molecule has 2 rings (SSSR count). The summed E-state index contributed by atoms with van der Waals surface area (Å²) in [5.74, 6) is -0.249. The van der Waals surface area contributed by atoms with Gasteiger partial charge in [-0.05, 0) is 12.1 Å². The van der Waals surface area contributed by atoms with E-state index < -0.39 is 10.8 Å². The summed E-state index contributed by atoms with van der Waals surface area (Å²) in [6.07, 6.45) is 1.36. The summed E-state index contributed by atoms with van der Waals surface area (Å²) in [7, 11) is 2.64. The fraction of sp³-hybridized carbons (Fsp3) is 0.154. The van der Waals surface area contributed by atoms with Crippen molar-refractivity contribution >= 4 is 17.3 Å². The number of rotatable bonds is 5. The average molecular weight is 292 g/mol. The van der Waals surface area contributed by atoms with Crippen LogP contribution in [-0.4, -0.2) is 25.1 Å². The van der Waals surface area contributed by atoms with E-state index in [1.54, 1.807) is 6.07 Å². The molecular weight excluding hydrogens is 280 g/mol. The van der Waals surface area contributed by atoms with Crippen LogP contribution in [0.3, 0.4) is 0 Å². The Bertz CT molecular complexity index is 666. The van der Waals surface area contributed by atoms with Crippen molar-refractivity contribution < 1.29 is 23.6 Å². The number of hydrogen-bond acceptors (Lipinski definition) is 6. The molecule has 8 heteroatoms. The number of carbonyl (C=O) groups excluding carboxylic acids is 1. The van der Waals surface area contributed by atoms with E-state index in [0.29, 0.717) is 0 Å². The van der Waals surface area contributed by atoms with E-state index in [0.717, 1.165) is 0 Å². The topological polar surface area (TPSA) is 104 Å². The maximum atomic E-state index is 11.9. The molecular formula is C13H12N2O6. The summed E-state index contributed by atoms with van der Waals surface area (Å²) in [6.45, 7) is 0. The highest BCUT2D eigenvalue weighted by atomic mass is 16.6. The Morgan fingerprint density at radius 1 is 1.29 bits per heavy atom. The summed E-state index contributed by atoms with van der Waals surface area (Å²) in [5.41, 5.74) is -0.0216. The Hall–Kier alpha value is -3.03. The molecule has 0 bridgehead atoms. The molecule has 1 heterocycles. The van der Waals surface area contributed by atoms with Gasteiger partial charge in [-0.2, -0.15) is 0 Å². The Morgan fingerprint density at radius 3 is 2.52 bits per heavy atom. The van der Waals surface area contributed by atoms with Gasteiger partial charge in [0.1, 0.15) is 5.75 Å². The van der Waals surface area contributed by atoms with Gasteiger partial charge in [0, 0.05) is 6.07 Å². The van der Waals surface area contributed by atoms with Gasteiger partial charge in [-0.15, -0.1) is 0 Å². The second kappa shape index (κ2) is 5.95. The van der Waals surface area contributed by atoms with Gasteiger partial charge < -0.3 is 19.2 Å². The van der Waals surface area contributed by atoms with Gasteiger partial charge in [-0.1, -0.05) is 0 Å². The Morgan fingerprint density at radius 2 is 2.00 bits per heavy atom. The molecule has 0 fully saturated rings. The molecule has 0 aliphatic carbocycles. The van der Waals surface area contributed by atoms with Crippen molar-refractivity contribution in [2.75, 3.05) is 19.5 Å². The van der Waals surface area contributed by atoms with Gasteiger partial charge >= 0.3 is 5.69 Å². The molecule has 0 spiro atoms. The van der Waals surface area contributed by atoms with Gasteiger partial charge in [-0.3, -0.25) is 14.9 Å². The molecule has 0 unspecified atom stereocenters. The van der Waals surface area contributed by atoms with Crippen LogP contribution in [0.2, 0.25) is 0 Å². The van der Waals surface area contributed by atoms with E-state index >= 15 is 0 Å². The number of nitro groups is 1. The molecule has 0 saturated heterocycles. The third-order valence-corrected chi connectivity index (χ3v) is 2.69. The summed E-state index contributed by atoms with van der Waals surface area (Å²) in [4.78, 5) is 22.3. The van der Waals surface area contributed by atoms with Crippen LogP contribution in [-0.2, 0) is 0 Å². The molecule has 0 aliphatic heterocycles. The van der Waals surface area contributed by atoms with Crippen LogP contribution in [0.1, 0.15) is 10.6 Å². The van der Waals surface area contributed by atoms with Gasteiger partial charge in [0.2, 0.25) is 0 Å². The van der Waals surface area contributed by atoms with Crippen molar-refractivity contribution in [3.8, 4) is 11.5 Å². The first-order valence-electron chi connectivity index (χ1n) is 5.82. The minimum Gasteiger partial charge on any atom is -0.494 e.